The number of nitriles is 1. The van der Waals surface area contributed by atoms with Crippen molar-refractivity contribution in [2.24, 2.45) is 0 Å². The van der Waals surface area contributed by atoms with Gasteiger partial charge < -0.3 is 5.32 Å². The summed E-state index contributed by atoms with van der Waals surface area (Å²) in [6.45, 7) is 6.33. The van der Waals surface area contributed by atoms with Gasteiger partial charge in [0.05, 0.1) is 12.5 Å². The van der Waals surface area contributed by atoms with Gasteiger partial charge in [0.15, 0.2) is 0 Å². The van der Waals surface area contributed by atoms with Gasteiger partial charge in [-0.2, -0.15) is 5.26 Å². The molecule has 0 atom stereocenters. The van der Waals surface area contributed by atoms with Crippen molar-refractivity contribution in [2.45, 2.75) is 33.1 Å². The zero-order valence-electron chi connectivity index (χ0n) is 10.6. The predicted molar refractivity (Wildman–Crippen MR) is 67.6 cm³/mol. The van der Waals surface area contributed by atoms with Crippen LogP contribution >= 0.6 is 0 Å². The first-order valence-corrected chi connectivity index (χ1v) is 5.77. The van der Waals surface area contributed by atoms with E-state index in [0.717, 1.165) is 11.1 Å². The first-order valence-electron chi connectivity index (χ1n) is 5.77. The maximum atomic E-state index is 11.5. The van der Waals surface area contributed by atoms with Gasteiger partial charge in [-0.05, 0) is 29.5 Å². The first-order chi connectivity index (χ1) is 8.04. The molecule has 0 unspecified atom stereocenters. The van der Waals surface area contributed by atoms with Crippen LogP contribution in [0.5, 0.6) is 0 Å². The van der Waals surface area contributed by atoms with E-state index in [2.05, 4.69) is 31.3 Å². The maximum absolute atomic E-state index is 11.5. The number of benzene rings is 1. The first kappa shape index (κ1) is 13.2. The summed E-state index contributed by atoms with van der Waals surface area (Å²) in [5.74, 6) is 0.354. The van der Waals surface area contributed by atoms with Crippen molar-refractivity contribution in [3.05, 3.63) is 34.9 Å². The van der Waals surface area contributed by atoms with Crippen LogP contribution in [-0.4, -0.2) is 12.5 Å². The SMILES string of the molecule is Cc1ccc(C(C)C)cc1CC(=O)NCC#N. The molecule has 1 aromatic carbocycles. The predicted octanol–water partition coefficient (Wildman–Crippen LogP) is 2.30. The van der Waals surface area contributed by atoms with Gasteiger partial charge in [0, 0.05) is 0 Å². The molecule has 0 aliphatic heterocycles. The molecule has 0 heterocycles. The van der Waals surface area contributed by atoms with Crippen LogP contribution in [-0.2, 0) is 11.2 Å². The van der Waals surface area contributed by atoms with Crippen LogP contribution in [0, 0.1) is 18.3 Å². The second-order valence-electron chi connectivity index (χ2n) is 4.45. The highest BCUT2D eigenvalue weighted by Crippen LogP contribution is 2.18. The molecule has 0 saturated carbocycles. The highest BCUT2D eigenvalue weighted by atomic mass is 16.1. The number of nitrogens with one attached hydrogen (secondary N) is 1. The number of hydrogen-bond acceptors (Lipinski definition) is 2. The van der Waals surface area contributed by atoms with Gasteiger partial charge in [-0.25, -0.2) is 0 Å². The summed E-state index contributed by atoms with van der Waals surface area (Å²) in [5.41, 5.74) is 3.38. The normalized spacial score (nSPS) is 10.1. The fraction of sp³-hybridized carbons (Fsp3) is 0.429. The van der Waals surface area contributed by atoms with E-state index < -0.39 is 0 Å². The summed E-state index contributed by atoms with van der Waals surface area (Å²) in [7, 11) is 0. The highest BCUT2D eigenvalue weighted by Gasteiger charge is 2.07. The minimum atomic E-state index is -0.101. The fourth-order valence-electron chi connectivity index (χ4n) is 1.61. The molecule has 0 aliphatic rings. The van der Waals surface area contributed by atoms with Crippen LogP contribution < -0.4 is 5.32 Å². The lowest BCUT2D eigenvalue weighted by atomic mass is 9.96. The summed E-state index contributed by atoms with van der Waals surface area (Å²) in [4.78, 5) is 11.5. The highest BCUT2D eigenvalue weighted by molar-refractivity contribution is 5.79. The van der Waals surface area contributed by atoms with Gasteiger partial charge >= 0.3 is 0 Å². The van der Waals surface area contributed by atoms with Crippen LogP contribution in [0.4, 0.5) is 0 Å². The molecule has 17 heavy (non-hydrogen) atoms. The van der Waals surface area contributed by atoms with Crippen LogP contribution in [0.1, 0.15) is 36.5 Å². The van der Waals surface area contributed by atoms with Crippen molar-refractivity contribution in [1.29, 1.82) is 5.26 Å². The number of aryl methyl sites for hydroxylation is 1. The molecule has 1 aromatic rings. The summed E-state index contributed by atoms with van der Waals surface area (Å²) in [6.07, 6.45) is 0.341. The smallest absolute Gasteiger partial charge is 0.225 e. The Morgan fingerprint density at radius 3 is 2.76 bits per heavy atom. The van der Waals surface area contributed by atoms with Gasteiger partial charge in [0.25, 0.3) is 0 Å². The Balaban J connectivity index is 2.79. The van der Waals surface area contributed by atoms with E-state index in [4.69, 9.17) is 5.26 Å². The van der Waals surface area contributed by atoms with Crippen molar-refractivity contribution in [1.82, 2.24) is 5.32 Å². The summed E-state index contributed by atoms with van der Waals surface area (Å²) in [6, 6.07) is 8.11. The van der Waals surface area contributed by atoms with E-state index in [1.165, 1.54) is 5.56 Å². The standard InChI is InChI=1S/C14H18N2O/c1-10(2)12-5-4-11(3)13(8-12)9-14(17)16-7-6-15/h4-5,8,10H,7,9H2,1-3H3,(H,16,17). The van der Waals surface area contributed by atoms with Crippen molar-refractivity contribution >= 4 is 5.91 Å². The third-order valence-corrected chi connectivity index (χ3v) is 2.76. The Hall–Kier alpha value is -1.82. The van der Waals surface area contributed by atoms with Crippen LogP contribution in [0.2, 0.25) is 0 Å². The Morgan fingerprint density at radius 2 is 2.18 bits per heavy atom. The van der Waals surface area contributed by atoms with Gasteiger partial charge in [0.1, 0.15) is 6.54 Å². The van der Waals surface area contributed by atoms with Crippen molar-refractivity contribution in [3.8, 4) is 6.07 Å². The number of hydrogen-bond donors (Lipinski definition) is 1. The summed E-state index contributed by atoms with van der Waals surface area (Å²) < 4.78 is 0. The molecule has 3 heteroatoms. The number of amides is 1. The number of nitrogens with zero attached hydrogens (tertiary/aromatic N) is 1. The molecule has 0 spiro atoms. The largest absolute Gasteiger partial charge is 0.343 e. The third-order valence-electron chi connectivity index (χ3n) is 2.76. The lowest BCUT2D eigenvalue weighted by molar-refractivity contribution is -0.120. The fourth-order valence-corrected chi connectivity index (χ4v) is 1.61. The monoisotopic (exact) mass is 230 g/mol. The second kappa shape index (κ2) is 6.05. The molecule has 0 radical (unpaired) electrons. The van der Waals surface area contributed by atoms with E-state index in [0.29, 0.717) is 12.3 Å². The number of carbonyl (C=O) groups excluding carboxylic acids is 1. The van der Waals surface area contributed by atoms with Gasteiger partial charge in [-0.15, -0.1) is 0 Å². The molecule has 0 bridgehead atoms. The van der Waals surface area contributed by atoms with E-state index in [1.807, 2.05) is 19.1 Å². The summed E-state index contributed by atoms with van der Waals surface area (Å²) >= 11 is 0. The average molecular weight is 230 g/mol. The Kier molecular flexibility index (Phi) is 4.71. The van der Waals surface area contributed by atoms with Crippen LogP contribution in [0.15, 0.2) is 18.2 Å². The molecule has 1 N–H and O–H groups in total. The van der Waals surface area contributed by atoms with Gasteiger partial charge in [-0.3, -0.25) is 4.79 Å². The summed E-state index contributed by atoms with van der Waals surface area (Å²) in [5, 5.41) is 10.9. The van der Waals surface area contributed by atoms with Crippen LogP contribution in [0.3, 0.4) is 0 Å². The van der Waals surface area contributed by atoms with E-state index >= 15 is 0 Å². The minimum Gasteiger partial charge on any atom is -0.343 e. The number of rotatable bonds is 4. The molecule has 1 amide bonds. The second-order valence-corrected chi connectivity index (χ2v) is 4.45. The molecular formula is C14H18N2O. The topological polar surface area (TPSA) is 52.9 Å². The molecule has 0 saturated heterocycles. The van der Waals surface area contributed by atoms with E-state index in [1.54, 1.807) is 0 Å². The van der Waals surface area contributed by atoms with Crippen molar-refractivity contribution < 1.29 is 4.79 Å². The molecule has 0 aromatic heterocycles. The minimum absolute atomic E-state index is 0.0712. The Morgan fingerprint density at radius 1 is 1.47 bits per heavy atom. The lowest BCUT2D eigenvalue weighted by Crippen LogP contribution is -2.25. The lowest BCUT2D eigenvalue weighted by Gasteiger charge is -2.11. The molecule has 90 valence electrons. The zero-order chi connectivity index (χ0) is 12.8. The van der Waals surface area contributed by atoms with Crippen molar-refractivity contribution in [3.63, 3.8) is 0 Å². The molecule has 1 rings (SSSR count). The Bertz CT molecular complexity index is 444. The van der Waals surface area contributed by atoms with Crippen LogP contribution in [0.25, 0.3) is 0 Å². The third kappa shape index (κ3) is 3.92. The molecule has 0 fully saturated rings. The molecule has 0 aliphatic carbocycles. The van der Waals surface area contributed by atoms with E-state index in [9.17, 15) is 4.79 Å². The zero-order valence-corrected chi connectivity index (χ0v) is 10.6. The van der Waals surface area contributed by atoms with E-state index in [-0.39, 0.29) is 12.5 Å². The molecule has 3 nitrogen and oxygen atoms in total. The average Bonchev–Trinajstić information content (AvgIpc) is 2.29. The Labute approximate surface area is 102 Å². The van der Waals surface area contributed by atoms with Gasteiger partial charge in [0.2, 0.25) is 5.91 Å². The quantitative estimate of drug-likeness (QED) is 0.807. The maximum Gasteiger partial charge on any atom is 0.225 e. The number of carbonyl (C=O) groups is 1. The van der Waals surface area contributed by atoms with Gasteiger partial charge in [-0.1, -0.05) is 32.0 Å². The van der Waals surface area contributed by atoms with Crippen molar-refractivity contribution in [2.75, 3.05) is 6.54 Å². The molecular weight excluding hydrogens is 212 g/mol.